The zero-order valence-electron chi connectivity index (χ0n) is 10.5. The number of benzene rings is 1. The van der Waals surface area contributed by atoms with Gasteiger partial charge in [-0.3, -0.25) is 0 Å². The van der Waals surface area contributed by atoms with Crippen molar-refractivity contribution in [3.05, 3.63) is 35.9 Å². The molecule has 0 heterocycles. The molecule has 1 aromatic rings. The second-order valence-corrected chi connectivity index (χ2v) is 6.70. The Kier molecular flexibility index (Phi) is 5.15. The quantitative estimate of drug-likeness (QED) is 0.845. The van der Waals surface area contributed by atoms with E-state index in [-0.39, 0.29) is 23.5 Å². The van der Waals surface area contributed by atoms with Gasteiger partial charge in [-0.1, -0.05) is 50.6 Å². The van der Waals surface area contributed by atoms with Crippen molar-refractivity contribution in [2.45, 2.75) is 32.1 Å². The Labute approximate surface area is 104 Å². The molecule has 1 rings (SSSR count). The fourth-order valence-electron chi connectivity index (χ4n) is 1.65. The van der Waals surface area contributed by atoms with E-state index in [0.29, 0.717) is 0 Å². The highest BCUT2D eigenvalue weighted by Crippen LogP contribution is 2.11. The molecule has 4 heteroatoms. The minimum atomic E-state index is -3.11. The number of nitrogens with two attached hydrogens (primary N) is 1. The molecule has 0 fully saturated rings. The maximum atomic E-state index is 12.0. The summed E-state index contributed by atoms with van der Waals surface area (Å²) in [6.07, 6.45) is 0.905. The van der Waals surface area contributed by atoms with Crippen LogP contribution in [0.2, 0.25) is 0 Å². The van der Waals surface area contributed by atoms with Gasteiger partial charge in [-0.2, -0.15) is 0 Å². The summed E-state index contributed by atoms with van der Waals surface area (Å²) in [6, 6.07) is 8.95. The monoisotopic (exact) mass is 255 g/mol. The lowest BCUT2D eigenvalue weighted by molar-refractivity contribution is 0.466. The minimum absolute atomic E-state index is 0.0664. The summed E-state index contributed by atoms with van der Waals surface area (Å²) in [4.78, 5) is 0. The van der Waals surface area contributed by atoms with E-state index in [1.807, 2.05) is 44.2 Å². The standard InChI is InChI=1S/C13H21NO2S/c1-3-11(2)13(14)10-17(15,16)9-12-7-5-4-6-8-12/h4-8,11,13H,3,9-10,14H2,1-2H3. The van der Waals surface area contributed by atoms with E-state index in [0.717, 1.165) is 12.0 Å². The summed E-state index contributed by atoms with van der Waals surface area (Å²) >= 11 is 0. The third kappa shape index (κ3) is 4.88. The van der Waals surface area contributed by atoms with Gasteiger partial charge in [0, 0.05) is 6.04 Å². The molecule has 3 nitrogen and oxygen atoms in total. The Hall–Kier alpha value is -0.870. The topological polar surface area (TPSA) is 60.2 Å². The van der Waals surface area contributed by atoms with Crippen LogP contribution in [0, 0.1) is 5.92 Å². The second-order valence-electron chi connectivity index (χ2n) is 4.59. The van der Waals surface area contributed by atoms with Crippen LogP contribution in [0.15, 0.2) is 30.3 Å². The van der Waals surface area contributed by atoms with E-state index in [9.17, 15) is 8.42 Å². The number of sulfone groups is 1. The first kappa shape index (κ1) is 14.2. The van der Waals surface area contributed by atoms with Crippen LogP contribution in [0.3, 0.4) is 0 Å². The van der Waals surface area contributed by atoms with Crippen LogP contribution in [0.5, 0.6) is 0 Å². The fraction of sp³-hybridized carbons (Fsp3) is 0.538. The number of rotatable bonds is 6. The molecule has 2 N–H and O–H groups in total. The first-order valence-electron chi connectivity index (χ1n) is 5.94. The lowest BCUT2D eigenvalue weighted by atomic mass is 10.0. The van der Waals surface area contributed by atoms with Gasteiger partial charge in [0.1, 0.15) is 0 Å². The van der Waals surface area contributed by atoms with Crippen molar-refractivity contribution in [3.8, 4) is 0 Å². The Morgan fingerprint density at radius 1 is 1.24 bits per heavy atom. The molecule has 0 radical (unpaired) electrons. The summed E-state index contributed by atoms with van der Waals surface area (Å²) in [5, 5.41) is 0. The van der Waals surface area contributed by atoms with Crippen molar-refractivity contribution >= 4 is 9.84 Å². The Morgan fingerprint density at radius 3 is 2.35 bits per heavy atom. The van der Waals surface area contributed by atoms with Crippen molar-refractivity contribution in [1.29, 1.82) is 0 Å². The lowest BCUT2D eigenvalue weighted by Crippen LogP contribution is -2.35. The second kappa shape index (κ2) is 6.17. The van der Waals surface area contributed by atoms with Crippen LogP contribution in [-0.2, 0) is 15.6 Å². The van der Waals surface area contributed by atoms with Gasteiger partial charge in [-0.15, -0.1) is 0 Å². The maximum absolute atomic E-state index is 12.0. The van der Waals surface area contributed by atoms with Gasteiger partial charge >= 0.3 is 0 Å². The van der Waals surface area contributed by atoms with Crippen LogP contribution in [0.4, 0.5) is 0 Å². The zero-order valence-corrected chi connectivity index (χ0v) is 11.3. The van der Waals surface area contributed by atoms with E-state index >= 15 is 0 Å². The van der Waals surface area contributed by atoms with E-state index < -0.39 is 9.84 Å². The largest absolute Gasteiger partial charge is 0.327 e. The summed E-state index contributed by atoms with van der Waals surface area (Å²) in [5.41, 5.74) is 6.71. The molecule has 96 valence electrons. The first-order valence-corrected chi connectivity index (χ1v) is 7.76. The van der Waals surface area contributed by atoms with E-state index in [1.165, 1.54) is 0 Å². The summed E-state index contributed by atoms with van der Waals surface area (Å²) in [7, 11) is -3.11. The first-order chi connectivity index (χ1) is 7.94. The molecule has 0 bridgehead atoms. The Bertz CT molecular complexity index is 428. The third-order valence-corrected chi connectivity index (χ3v) is 4.72. The molecule has 2 unspecified atom stereocenters. The third-order valence-electron chi connectivity index (χ3n) is 3.05. The molecular weight excluding hydrogens is 234 g/mol. The van der Waals surface area contributed by atoms with Crippen LogP contribution in [-0.4, -0.2) is 20.2 Å². The normalized spacial score (nSPS) is 15.5. The van der Waals surface area contributed by atoms with E-state index in [4.69, 9.17) is 5.73 Å². The molecule has 2 atom stereocenters. The molecule has 1 aromatic carbocycles. The summed E-state index contributed by atoms with van der Waals surface area (Å²) in [6.45, 7) is 4.01. The zero-order chi connectivity index (χ0) is 12.9. The van der Waals surface area contributed by atoms with Gasteiger partial charge < -0.3 is 5.73 Å². The van der Waals surface area contributed by atoms with Crippen LogP contribution in [0.25, 0.3) is 0 Å². The molecule has 0 aliphatic rings. The Balaban J connectivity index is 2.64. The average molecular weight is 255 g/mol. The summed E-state index contributed by atoms with van der Waals surface area (Å²) < 4.78 is 23.9. The molecule has 0 aliphatic carbocycles. The SMILES string of the molecule is CCC(C)C(N)CS(=O)(=O)Cc1ccccc1. The van der Waals surface area contributed by atoms with Gasteiger partial charge in [0.15, 0.2) is 9.84 Å². The van der Waals surface area contributed by atoms with Gasteiger partial charge in [-0.05, 0) is 11.5 Å². The highest BCUT2D eigenvalue weighted by Gasteiger charge is 2.20. The predicted molar refractivity (Wildman–Crippen MR) is 71.4 cm³/mol. The molecule has 0 saturated heterocycles. The molecular formula is C13H21NO2S. The van der Waals surface area contributed by atoms with Gasteiger partial charge in [0.2, 0.25) is 0 Å². The lowest BCUT2D eigenvalue weighted by Gasteiger charge is -2.18. The van der Waals surface area contributed by atoms with Crippen LogP contribution < -0.4 is 5.73 Å². The van der Waals surface area contributed by atoms with Crippen LogP contribution >= 0.6 is 0 Å². The summed E-state index contributed by atoms with van der Waals surface area (Å²) in [5.74, 6) is 0.384. The van der Waals surface area contributed by atoms with Gasteiger partial charge in [0.05, 0.1) is 11.5 Å². The predicted octanol–water partition coefficient (Wildman–Crippen LogP) is 1.97. The maximum Gasteiger partial charge on any atom is 0.155 e. The van der Waals surface area contributed by atoms with Crippen molar-refractivity contribution in [2.24, 2.45) is 11.7 Å². The Morgan fingerprint density at radius 2 is 1.82 bits per heavy atom. The van der Waals surface area contributed by atoms with Crippen molar-refractivity contribution < 1.29 is 8.42 Å². The molecule has 0 saturated carbocycles. The number of hydrogen-bond acceptors (Lipinski definition) is 3. The van der Waals surface area contributed by atoms with Crippen LogP contribution in [0.1, 0.15) is 25.8 Å². The molecule has 0 aliphatic heterocycles. The molecule has 17 heavy (non-hydrogen) atoms. The minimum Gasteiger partial charge on any atom is -0.327 e. The van der Waals surface area contributed by atoms with E-state index in [1.54, 1.807) is 0 Å². The smallest absolute Gasteiger partial charge is 0.155 e. The van der Waals surface area contributed by atoms with Crippen molar-refractivity contribution in [3.63, 3.8) is 0 Å². The number of hydrogen-bond donors (Lipinski definition) is 1. The van der Waals surface area contributed by atoms with E-state index in [2.05, 4.69) is 0 Å². The van der Waals surface area contributed by atoms with Gasteiger partial charge in [0.25, 0.3) is 0 Å². The van der Waals surface area contributed by atoms with Crippen molar-refractivity contribution in [2.75, 3.05) is 5.75 Å². The highest BCUT2D eigenvalue weighted by molar-refractivity contribution is 7.90. The molecule has 0 amide bonds. The average Bonchev–Trinajstić information content (AvgIpc) is 2.27. The van der Waals surface area contributed by atoms with Gasteiger partial charge in [-0.25, -0.2) is 8.42 Å². The molecule has 0 aromatic heterocycles. The van der Waals surface area contributed by atoms with Crippen molar-refractivity contribution in [1.82, 2.24) is 0 Å². The molecule has 0 spiro atoms. The fourth-order valence-corrected chi connectivity index (χ4v) is 3.38. The highest BCUT2D eigenvalue weighted by atomic mass is 32.2.